The summed E-state index contributed by atoms with van der Waals surface area (Å²) in [5.74, 6) is 0.0194. The van der Waals surface area contributed by atoms with Gasteiger partial charge in [-0.1, -0.05) is 12.1 Å². The Morgan fingerprint density at radius 3 is 2.45 bits per heavy atom. The van der Waals surface area contributed by atoms with E-state index in [1.807, 2.05) is 24.3 Å². The van der Waals surface area contributed by atoms with Crippen LogP contribution < -0.4 is 10.6 Å². The van der Waals surface area contributed by atoms with Crippen molar-refractivity contribution in [1.29, 1.82) is 0 Å². The molecule has 1 heterocycles. The molecule has 2 aromatic carbocycles. The largest absolute Gasteiger partial charge is 0.352 e. The zero-order chi connectivity index (χ0) is 20.8. The minimum Gasteiger partial charge on any atom is -0.352 e. The van der Waals surface area contributed by atoms with E-state index >= 15 is 0 Å². The summed E-state index contributed by atoms with van der Waals surface area (Å²) >= 11 is 0. The molecule has 29 heavy (non-hydrogen) atoms. The summed E-state index contributed by atoms with van der Waals surface area (Å²) in [5.41, 5.74) is 3.24. The van der Waals surface area contributed by atoms with Crippen LogP contribution in [0.5, 0.6) is 0 Å². The van der Waals surface area contributed by atoms with Crippen LogP contribution in [0.15, 0.2) is 60.2 Å². The summed E-state index contributed by atoms with van der Waals surface area (Å²) in [4.78, 5) is 43.2. The normalized spacial score (nSPS) is 11.3. The topological polar surface area (TPSA) is 104 Å². The number of imidazole rings is 1. The molecule has 0 atom stereocenters. The highest BCUT2D eigenvalue weighted by Gasteiger charge is 2.08. The molecule has 3 N–H and O–H groups in total. The standard InChI is InChI=1S/C22H22N4O3/c1-14(22(29)24-17-9-7-16(8-10-17)15(2)27)13-21(28)23-12-11-20-25-18-5-3-4-6-19(18)26-20/h3-10,13H,11-12H2,1-2H3,(H,23,28)(H,24,29)(H,25,26)/b14-13-. The van der Waals surface area contributed by atoms with Crippen LogP contribution >= 0.6 is 0 Å². The van der Waals surface area contributed by atoms with Gasteiger partial charge >= 0.3 is 0 Å². The third kappa shape index (κ3) is 5.38. The molecule has 0 fully saturated rings. The highest BCUT2D eigenvalue weighted by molar-refractivity contribution is 6.07. The molecular weight excluding hydrogens is 368 g/mol. The van der Waals surface area contributed by atoms with Gasteiger partial charge < -0.3 is 15.6 Å². The number of amides is 2. The fourth-order valence-corrected chi connectivity index (χ4v) is 2.76. The van der Waals surface area contributed by atoms with Crippen molar-refractivity contribution in [3.05, 3.63) is 71.6 Å². The molecule has 0 saturated carbocycles. The van der Waals surface area contributed by atoms with Crippen LogP contribution in [0, 0.1) is 0 Å². The first-order valence-corrected chi connectivity index (χ1v) is 9.24. The molecule has 148 valence electrons. The quantitative estimate of drug-likeness (QED) is 0.426. The van der Waals surface area contributed by atoms with E-state index in [1.54, 1.807) is 31.2 Å². The lowest BCUT2D eigenvalue weighted by Gasteiger charge is -2.06. The van der Waals surface area contributed by atoms with Gasteiger partial charge in [0.05, 0.1) is 11.0 Å². The average molecular weight is 390 g/mol. The SMILES string of the molecule is CC(=O)c1ccc(NC(=O)/C(C)=C\C(=O)NCCc2nc3ccccc3[nH]2)cc1. The lowest BCUT2D eigenvalue weighted by molar-refractivity contribution is -0.117. The molecule has 0 radical (unpaired) electrons. The van der Waals surface area contributed by atoms with Gasteiger partial charge in [-0.05, 0) is 50.2 Å². The van der Waals surface area contributed by atoms with E-state index in [2.05, 4.69) is 20.6 Å². The van der Waals surface area contributed by atoms with Gasteiger partial charge in [0.2, 0.25) is 5.91 Å². The minimum atomic E-state index is -0.381. The number of benzene rings is 2. The fourth-order valence-electron chi connectivity index (χ4n) is 2.76. The van der Waals surface area contributed by atoms with Crippen LogP contribution in [0.2, 0.25) is 0 Å². The average Bonchev–Trinajstić information content (AvgIpc) is 3.11. The maximum Gasteiger partial charge on any atom is 0.251 e. The molecule has 3 aromatic rings. The third-order valence-electron chi connectivity index (χ3n) is 4.35. The Balaban J connectivity index is 1.49. The summed E-state index contributed by atoms with van der Waals surface area (Å²) in [6, 6.07) is 14.3. The van der Waals surface area contributed by atoms with Crippen LogP contribution in [-0.2, 0) is 16.0 Å². The van der Waals surface area contributed by atoms with Crippen molar-refractivity contribution in [3.63, 3.8) is 0 Å². The van der Waals surface area contributed by atoms with Crippen molar-refractivity contribution in [3.8, 4) is 0 Å². The lowest BCUT2D eigenvalue weighted by atomic mass is 10.1. The van der Waals surface area contributed by atoms with Crippen molar-refractivity contribution >= 4 is 34.3 Å². The second-order valence-electron chi connectivity index (χ2n) is 6.66. The number of nitrogens with one attached hydrogen (secondary N) is 3. The number of fused-ring (bicyclic) bond motifs is 1. The number of hydrogen-bond donors (Lipinski definition) is 3. The van der Waals surface area contributed by atoms with Gasteiger partial charge in [-0.25, -0.2) is 4.98 Å². The van der Waals surface area contributed by atoms with Gasteiger partial charge in [0, 0.05) is 35.9 Å². The van der Waals surface area contributed by atoms with Crippen molar-refractivity contribution in [1.82, 2.24) is 15.3 Å². The van der Waals surface area contributed by atoms with Crippen molar-refractivity contribution in [2.75, 3.05) is 11.9 Å². The number of para-hydroxylation sites is 2. The number of aromatic nitrogens is 2. The van der Waals surface area contributed by atoms with E-state index in [1.165, 1.54) is 13.0 Å². The first-order valence-electron chi connectivity index (χ1n) is 9.24. The Hall–Kier alpha value is -3.74. The molecular formula is C22H22N4O3. The van der Waals surface area contributed by atoms with E-state index in [-0.39, 0.29) is 23.2 Å². The summed E-state index contributed by atoms with van der Waals surface area (Å²) in [5, 5.41) is 5.45. The van der Waals surface area contributed by atoms with Gasteiger partial charge in [-0.2, -0.15) is 0 Å². The number of hydrogen-bond acceptors (Lipinski definition) is 4. The third-order valence-corrected chi connectivity index (χ3v) is 4.35. The Labute approximate surface area is 168 Å². The van der Waals surface area contributed by atoms with Gasteiger partial charge in [-0.15, -0.1) is 0 Å². The molecule has 0 unspecified atom stereocenters. The van der Waals surface area contributed by atoms with Crippen LogP contribution in [0.1, 0.15) is 30.0 Å². The number of ketones is 1. The number of carbonyl (C=O) groups is 3. The number of Topliss-reactive ketones (excluding diaryl/α,β-unsaturated/α-hetero) is 1. The predicted molar refractivity (Wildman–Crippen MR) is 112 cm³/mol. The number of nitrogens with zero attached hydrogens (tertiary/aromatic N) is 1. The second-order valence-corrected chi connectivity index (χ2v) is 6.66. The Morgan fingerprint density at radius 1 is 1.03 bits per heavy atom. The molecule has 3 rings (SSSR count). The monoisotopic (exact) mass is 390 g/mol. The van der Waals surface area contributed by atoms with Crippen LogP contribution in [-0.4, -0.2) is 34.1 Å². The number of aromatic amines is 1. The number of anilines is 1. The first-order chi connectivity index (χ1) is 13.9. The molecule has 0 aliphatic rings. The molecule has 0 bridgehead atoms. The Kier molecular flexibility index (Phi) is 6.19. The number of H-pyrrole nitrogens is 1. The molecule has 0 spiro atoms. The number of rotatable bonds is 7. The smallest absolute Gasteiger partial charge is 0.251 e. The molecule has 2 amide bonds. The molecule has 0 aliphatic carbocycles. The van der Waals surface area contributed by atoms with E-state index in [9.17, 15) is 14.4 Å². The first kappa shape index (κ1) is 20.0. The van der Waals surface area contributed by atoms with Crippen LogP contribution in [0.25, 0.3) is 11.0 Å². The summed E-state index contributed by atoms with van der Waals surface area (Å²) < 4.78 is 0. The lowest BCUT2D eigenvalue weighted by Crippen LogP contribution is -2.25. The van der Waals surface area contributed by atoms with Crippen molar-refractivity contribution in [2.24, 2.45) is 0 Å². The predicted octanol–water partition coefficient (Wildman–Crippen LogP) is 3.01. The Bertz CT molecular complexity index is 1050. The molecule has 0 saturated heterocycles. The number of carbonyl (C=O) groups excluding carboxylic acids is 3. The van der Waals surface area contributed by atoms with Gasteiger partial charge in [0.25, 0.3) is 5.91 Å². The zero-order valence-corrected chi connectivity index (χ0v) is 16.3. The van der Waals surface area contributed by atoms with E-state index in [4.69, 9.17) is 0 Å². The van der Waals surface area contributed by atoms with Gasteiger partial charge in [0.1, 0.15) is 5.82 Å². The van der Waals surface area contributed by atoms with Crippen molar-refractivity contribution < 1.29 is 14.4 Å². The Morgan fingerprint density at radius 2 is 1.76 bits per heavy atom. The maximum atomic E-state index is 12.2. The van der Waals surface area contributed by atoms with Gasteiger partial charge in [0.15, 0.2) is 5.78 Å². The summed E-state index contributed by atoms with van der Waals surface area (Å²) in [6.07, 6.45) is 1.82. The summed E-state index contributed by atoms with van der Waals surface area (Å²) in [7, 11) is 0. The molecule has 0 aliphatic heterocycles. The zero-order valence-electron chi connectivity index (χ0n) is 16.3. The van der Waals surface area contributed by atoms with Crippen LogP contribution in [0.4, 0.5) is 5.69 Å². The second kappa shape index (κ2) is 8.97. The van der Waals surface area contributed by atoms with E-state index in [0.717, 1.165) is 16.9 Å². The van der Waals surface area contributed by atoms with Crippen LogP contribution in [0.3, 0.4) is 0 Å². The highest BCUT2D eigenvalue weighted by atomic mass is 16.2. The van der Waals surface area contributed by atoms with E-state index < -0.39 is 0 Å². The molecule has 7 nitrogen and oxygen atoms in total. The minimum absolute atomic E-state index is 0.0433. The van der Waals surface area contributed by atoms with Crippen molar-refractivity contribution in [2.45, 2.75) is 20.3 Å². The molecule has 1 aromatic heterocycles. The fraction of sp³-hybridized carbons (Fsp3) is 0.182. The highest BCUT2D eigenvalue weighted by Crippen LogP contribution is 2.12. The van der Waals surface area contributed by atoms with E-state index in [0.29, 0.717) is 24.2 Å². The molecule has 7 heteroatoms. The van der Waals surface area contributed by atoms with Gasteiger partial charge in [-0.3, -0.25) is 14.4 Å². The maximum absolute atomic E-state index is 12.2. The summed E-state index contributed by atoms with van der Waals surface area (Å²) in [6.45, 7) is 3.45.